The van der Waals surface area contributed by atoms with E-state index >= 15 is 0 Å². The largest absolute Gasteiger partial charge is 0.495 e. The second-order valence-electron chi connectivity index (χ2n) is 4.69. The third-order valence-electron chi connectivity index (χ3n) is 3.09. The van der Waals surface area contributed by atoms with Crippen molar-refractivity contribution in [3.8, 4) is 5.75 Å². The summed E-state index contributed by atoms with van der Waals surface area (Å²) in [6.07, 6.45) is 2.93. The maximum Gasteiger partial charge on any atom is 0.322 e. The van der Waals surface area contributed by atoms with Gasteiger partial charge >= 0.3 is 6.03 Å². The molecule has 2 amide bonds. The van der Waals surface area contributed by atoms with Crippen molar-refractivity contribution in [2.24, 2.45) is 0 Å². The number of urea groups is 1. The number of carbonyl (C=O) groups excluding carboxylic acids is 1. The molecule has 118 valence electrons. The number of hydrogen-bond donors (Lipinski definition) is 2. The van der Waals surface area contributed by atoms with Crippen LogP contribution in [0.2, 0.25) is 0 Å². The molecule has 21 heavy (non-hydrogen) atoms. The predicted molar refractivity (Wildman–Crippen MR) is 80.2 cm³/mol. The van der Waals surface area contributed by atoms with E-state index in [1.165, 1.54) is 30.2 Å². The molecule has 1 aromatic rings. The van der Waals surface area contributed by atoms with E-state index in [0.717, 1.165) is 19.3 Å². The van der Waals surface area contributed by atoms with Gasteiger partial charge in [0, 0.05) is 19.2 Å². The number of halogens is 1. The molecular weight excluding hydrogens is 275 g/mol. The minimum atomic E-state index is -0.453. The third kappa shape index (κ3) is 5.59. The Morgan fingerprint density at radius 2 is 2.14 bits per heavy atom. The number of nitrogens with one attached hydrogen (secondary N) is 1. The number of ether oxygens (including phenoxy) is 1. The average Bonchev–Trinajstić information content (AvgIpc) is 2.46. The molecule has 0 atom stereocenters. The highest BCUT2D eigenvalue weighted by Crippen LogP contribution is 2.25. The van der Waals surface area contributed by atoms with E-state index in [0.29, 0.717) is 12.3 Å². The van der Waals surface area contributed by atoms with Crippen LogP contribution in [0, 0.1) is 5.82 Å². The van der Waals surface area contributed by atoms with E-state index < -0.39 is 5.82 Å². The van der Waals surface area contributed by atoms with Crippen LogP contribution in [0.3, 0.4) is 0 Å². The van der Waals surface area contributed by atoms with Gasteiger partial charge in [-0.05, 0) is 18.6 Å². The Morgan fingerprint density at radius 3 is 2.76 bits per heavy atom. The first kappa shape index (κ1) is 17.2. The Balaban J connectivity index is 2.73. The second-order valence-corrected chi connectivity index (χ2v) is 4.69. The van der Waals surface area contributed by atoms with Crippen LogP contribution in [0.15, 0.2) is 18.2 Å². The Hall–Kier alpha value is -1.82. The number of rotatable bonds is 8. The molecule has 0 aliphatic carbocycles. The summed E-state index contributed by atoms with van der Waals surface area (Å²) in [7, 11) is 1.45. The molecule has 0 unspecified atom stereocenters. The van der Waals surface area contributed by atoms with Gasteiger partial charge in [-0.1, -0.05) is 19.8 Å². The highest BCUT2D eigenvalue weighted by molar-refractivity contribution is 5.91. The van der Waals surface area contributed by atoms with Crippen LogP contribution < -0.4 is 10.1 Å². The molecule has 0 saturated heterocycles. The van der Waals surface area contributed by atoms with Crippen molar-refractivity contribution >= 4 is 11.7 Å². The summed E-state index contributed by atoms with van der Waals surface area (Å²) in [5, 5.41) is 11.7. The van der Waals surface area contributed by atoms with Crippen molar-refractivity contribution in [1.29, 1.82) is 0 Å². The monoisotopic (exact) mass is 298 g/mol. The Morgan fingerprint density at radius 1 is 1.38 bits per heavy atom. The molecule has 6 heteroatoms. The SMILES string of the molecule is CCCCCN(CCO)C(=O)Nc1cc(F)ccc1OC. The number of benzene rings is 1. The topological polar surface area (TPSA) is 61.8 Å². The number of aliphatic hydroxyl groups is 1. The molecule has 0 aliphatic rings. The fourth-order valence-corrected chi connectivity index (χ4v) is 1.96. The lowest BCUT2D eigenvalue weighted by Gasteiger charge is -2.22. The van der Waals surface area contributed by atoms with Gasteiger partial charge in [-0.15, -0.1) is 0 Å². The van der Waals surface area contributed by atoms with Gasteiger partial charge in [0.25, 0.3) is 0 Å². The van der Waals surface area contributed by atoms with Crippen LogP contribution in [0.1, 0.15) is 26.2 Å². The molecular formula is C15H23FN2O3. The molecule has 0 radical (unpaired) electrons. The van der Waals surface area contributed by atoms with Crippen LogP contribution in [0.5, 0.6) is 5.75 Å². The molecule has 5 nitrogen and oxygen atoms in total. The minimum absolute atomic E-state index is 0.111. The lowest BCUT2D eigenvalue weighted by molar-refractivity contribution is 0.187. The number of carbonyl (C=O) groups is 1. The minimum Gasteiger partial charge on any atom is -0.495 e. The first-order valence-electron chi connectivity index (χ1n) is 7.12. The Labute approximate surface area is 124 Å². The van der Waals surface area contributed by atoms with Gasteiger partial charge in [0.2, 0.25) is 0 Å². The number of aliphatic hydroxyl groups excluding tert-OH is 1. The molecule has 0 bridgehead atoms. The summed E-state index contributed by atoms with van der Waals surface area (Å²) < 4.78 is 18.4. The lowest BCUT2D eigenvalue weighted by Crippen LogP contribution is -2.37. The smallest absolute Gasteiger partial charge is 0.322 e. The highest BCUT2D eigenvalue weighted by atomic mass is 19.1. The molecule has 0 spiro atoms. The van der Waals surface area contributed by atoms with Gasteiger partial charge in [-0.25, -0.2) is 9.18 Å². The van der Waals surface area contributed by atoms with E-state index in [1.54, 1.807) is 0 Å². The first-order chi connectivity index (χ1) is 10.1. The van der Waals surface area contributed by atoms with Crippen LogP contribution >= 0.6 is 0 Å². The van der Waals surface area contributed by atoms with E-state index in [4.69, 9.17) is 9.84 Å². The standard InChI is InChI=1S/C15H23FN2O3/c1-3-4-5-8-18(9-10-19)15(20)17-13-11-12(16)6-7-14(13)21-2/h6-7,11,19H,3-5,8-10H2,1-2H3,(H,17,20). The van der Waals surface area contributed by atoms with Gasteiger partial charge in [-0.2, -0.15) is 0 Å². The maximum absolute atomic E-state index is 13.3. The summed E-state index contributed by atoms with van der Waals surface area (Å²) in [6, 6.07) is 3.56. The lowest BCUT2D eigenvalue weighted by atomic mass is 10.2. The van der Waals surface area contributed by atoms with E-state index in [2.05, 4.69) is 12.2 Å². The first-order valence-corrected chi connectivity index (χ1v) is 7.12. The van der Waals surface area contributed by atoms with Crippen LogP contribution in [-0.4, -0.2) is 42.8 Å². The van der Waals surface area contributed by atoms with Crippen LogP contribution in [0.4, 0.5) is 14.9 Å². The van der Waals surface area contributed by atoms with Gasteiger partial charge in [0.1, 0.15) is 11.6 Å². The summed E-state index contributed by atoms with van der Waals surface area (Å²) >= 11 is 0. The number of hydrogen-bond acceptors (Lipinski definition) is 3. The Kier molecular flexibility index (Phi) is 7.53. The van der Waals surface area contributed by atoms with Crippen molar-refractivity contribution in [2.45, 2.75) is 26.2 Å². The number of amides is 2. The third-order valence-corrected chi connectivity index (χ3v) is 3.09. The number of nitrogens with zero attached hydrogens (tertiary/aromatic N) is 1. The zero-order chi connectivity index (χ0) is 15.7. The van der Waals surface area contributed by atoms with Crippen molar-refractivity contribution < 1.29 is 19.0 Å². The summed E-state index contributed by atoms with van der Waals surface area (Å²) in [5.41, 5.74) is 0.279. The summed E-state index contributed by atoms with van der Waals surface area (Å²) in [4.78, 5) is 13.7. The highest BCUT2D eigenvalue weighted by Gasteiger charge is 2.15. The maximum atomic E-state index is 13.3. The molecule has 1 aromatic carbocycles. The fraction of sp³-hybridized carbons (Fsp3) is 0.533. The Bertz CT molecular complexity index is 455. The quantitative estimate of drug-likeness (QED) is 0.725. The average molecular weight is 298 g/mol. The number of anilines is 1. The van der Waals surface area contributed by atoms with Crippen LogP contribution in [-0.2, 0) is 0 Å². The molecule has 2 N–H and O–H groups in total. The van der Waals surface area contributed by atoms with Gasteiger partial charge in [-0.3, -0.25) is 0 Å². The number of methoxy groups -OCH3 is 1. The zero-order valence-corrected chi connectivity index (χ0v) is 12.6. The molecule has 0 aromatic heterocycles. The van der Waals surface area contributed by atoms with Crippen molar-refractivity contribution in [1.82, 2.24) is 4.90 Å². The van der Waals surface area contributed by atoms with Crippen LogP contribution in [0.25, 0.3) is 0 Å². The molecule has 0 heterocycles. The van der Waals surface area contributed by atoms with Gasteiger partial charge in [0.15, 0.2) is 0 Å². The number of unbranched alkanes of at least 4 members (excludes halogenated alkanes) is 2. The fourth-order valence-electron chi connectivity index (χ4n) is 1.96. The molecule has 0 fully saturated rings. The summed E-state index contributed by atoms with van der Waals surface area (Å²) in [6.45, 7) is 2.76. The molecule has 0 saturated carbocycles. The molecule has 1 rings (SSSR count). The van der Waals surface area contributed by atoms with E-state index in [1.807, 2.05) is 0 Å². The van der Waals surface area contributed by atoms with Crippen molar-refractivity contribution in [3.05, 3.63) is 24.0 Å². The second kappa shape index (κ2) is 9.18. The van der Waals surface area contributed by atoms with E-state index in [9.17, 15) is 9.18 Å². The predicted octanol–water partition coefficient (Wildman–Crippen LogP) is 2.85. The summed E-state index contributed by atoms with van der Waals surface area (Å²) in [5.74, 6) is -0.0620. The van der Waals surface area contributed by atoms with Gasteiger partial charge < -0.3 is 20.1 Å². The zero-order valence-electron chi connectivity index (χ0n) is 12.6. The molecule has 0 aliphatic heterocycles. The van der Waals surface area contributed by atoms with Crippen molar-refractivity contribution in [3.63, 3.8) is 0 Å². The van der Waals surface area contributed by atoms with Crippen molar-refractivity contribution in [2.75, 3.05) is 32.1 Å². The van der Waals surface area contributed by atoms with Gasteiger partial charge in [0.05, 0.1) is 19.4 Å². The van der Waals surface area contributed by atoms with E-state index in [-0.39, 0.29) is 24.9 Å². The normalized spacial score (nSPS) is 10.3.